The molecule has 0 unspecified atom stereocenters. The number of rotatable bonds is 5. The van der Waals surface area contributed by atoms with Crippen molar-refractivity contribution in [2.75, 3.05) is 40.8 Å². The van der Waals surface area contributed by atoms with Gasteiger partial charge in [0.05, 0.1) is 4.90 Å². The monoisotopic (exact) mass is 329 g/mol. The summed E-state index contributed by atoms with van der Waals surface area (Å²) >= 11 is 0. The van der Waals surface area contributed by atoms with Gasteiger partial charge in [-0.1, -0.05) is 0 Å². The third kappa shape index (κ3) is 4.04. The van der Waals surface area contributed by atoms with Crippen molar-refractivity contribution in [3.05, 3.63) is 29.6 Å². The highest BCUT2D eigenvalue weighted by atomic mass is 32.2. The van der Waals surface area contributed by atoms with Gasteiger partial charge in [0.15, 0.2) is 0 Å². The first-order valence-electron chi connectivity index (χ1n) is 7.31. The minimum absolute atomic E-state index is 0.115. The Balaban J connectivity index is 2.18. The van der Waals surface area contributed by atoms with E-state index < -0.39 is 15.8 Å². The number of nitrogens with one attached hydrogen (secondary N) is 1. The van der Waals surface area contributed by atoms with E-state index in [1.165, 1.54) is 18.2 Å². The average molecular weight is 329 g/mol. The van der Waals surface area contributed by atoms with Gasteiger partial charge in [-0.15, -0.1) is 0 Å². The molecule has 0 saturated carbocycles. The minimum Gasteiger partial charge on any atom is -0.309 e. The Morgan fingerprint density at radius 3 is 2.64 bits per heavy atom. The first-order chi connectivity index (χ1) is 10.2. The van der Waals surface area contributed by atoms with E-state index in [4.69, 9.17) is 0 Å². The molecule has 0 radical (unpaired) electrons. The maximum atomic E-state index is 13.3. The third-order valence-electron chi connectivity index (χ3n) is 3.97. The Kier molecular flexibility index (Phi) is 5.21. The summed E-state index contributed by atoms with van der Waals surface area (Å²) in [5.41, 5.74) is 0.330. The molecule has 1 aromatic carbocycles. The molecule has 1 aliphatic rings. The van der Waals surface area contributed by atoms with Crippen LogP contribution in [0.3, 0.4) is 0 Å². The van der Waals surface area contributed by atoms with Crippen LogP contribution in [-0.4, -0.2) is 65.0 Å². The van der Waals surface area contributed by atoms with Crippen LogP contribution in [0.5, 0.6) is 0 Å². The van der Waals surface area contributed by atoms with Gasteiger partial charge in [-0.25, -0.2) is 17.5 Å². The van der Waals surface area contributed by atoms with Gasteiger partial charge in [0, 0.05) is 31.6 Å². The lowest BCUT2D eigenvalue weighted by molar-refractivity contribution is 0.304. The molecule has 2 rings (SSSR count). The number of nitrogens with zero attached hydrogens (tertiary/aromatic N) is 2. The standard InChI is InChI=1S/C15H24FN3O2S/c1-11-7-13(5-6-14(11)16)22(20,21)17-15-10-19(4)9-12(15)8-18(2)3/h5-7,12,15,17H,8-10H2,1-4H3/t12-,15-/m1/s1. The number of hydrogen-bond acceptors (Lipinski definition) is 4. The minimum atomic E-state index is -3.64. The SMILES string of the molecule is Cc1cc(S(=O)(=O)N[C@@H]2CN(C)C[C@H]2CN(C)C)ccc1F. The van der Waals surface area contributed by atoms with Gasteiger partial charge in [-0.3, -0.25) is 0 Å². The van der Waals surface area contributed by atoms with Gasteiger partial charge in [0.25, 0.3) is 0 Å². The molecule has 5 nitrogen and oxygen atoms in total. The van der Waals surface area contributed by atoms with Gasteiger partial charge >= 0.3 is 0 Å². The van der Waals surface area contributed by atoms with Crippen molar-refractivity contribution in [2.45, 2.75) is 17.9 Å². The Bertz CT molecular complexity index is 634. The summed E-state index contributed by atoms with van der Waals surface area (Å²) in [6, 6.07) is 3.74. The number of likely N-dealkylation sites (tertiary alicyclic amines) is 1. The molecular formula is C15H24FN3O2S. The highest BCUT2D eigenvalue weighted by Gasteiger charge is 2.34. The second-order valence-corrected chi connectivity index (χ2v) is 8.10. The molecule has 2 atom stereocenters. The van der Waals surface area contributed by atoms with Crippen molar-refractivity contribution >= 4 is 10.0 Å². The van der Waals surface area contributed by atoms with Gasteiger partial charge in [-0.2, -0.15) is 0 Å². The quantitative estimate of drug-likeness (QED) is 0.872. The molecule has 1 fully saturated rings. The number of likely N-dealkylation sites (N-methyl/N-ethyl adjacent to an activating group) is 1. The van der Waals surface area contributed by atoms with E-state index in [9.17, 15) is 12.8 Å². The molecule has 7 heteroatoms. The maximum absolute atomic E-state index is 13.3. The van der Waals surface area contributed by atoms with E-state index >= 15 is 0 Å². The van der Waals surface area contributed by atoms with Crippen LogP contribution in [0.15, 0.2) is 23.1 Å². The molecule has 1 N–H and O–H groups in total. The summed E-state index contributed by atoms with van der Waals surface area (Å²) in [4.78, 5) is 4.30. The number of sulfonamides is 1. The lowest BCUT2D eigenvalue weighted by Crippen LogP contribution is -2.43. The normalized spacial score (nSPS) is 23.4. The molecule has 22 heavy (non-hydrogen) atoms. The van der Waals surface area contributed by atoms with Crippen LogP contribution >= 0.6 is 0 Å². The van der Waals surface area contributed by atoms with Crippen molar-refractivity contribution < 1.29 is 12.8 Å². The van der Waals surface area contributed by atoms with E-state index in [1.54, 1.807) is 6.92 Å². The summed E-state index contributed by atoms with van der Waals surface area (Å²) in [5, 5.41) is 0. The molecule has 124 valence electrons. The van der Waals surface area contributed by atoms with Crippen LogP contribution in [0.1, 0.15) is 5.56 Å². The summed E-state index contributed by atoms with van der Waals surface area (Å²) in [6.07, 6.45) is 0. The molecule has 0 aromatic heterocycles. The molecule has 0 spiro atoms. The summed E-state index contributed by atoms with van der Waals surface area (Å²) in [7, 11) is 2.31. The lowest BCUT2D eigenvalue weighted by Gasteiger charge is -2.23. The highest BCUT2D eigenvalue weighted by Crippen LogP contribution is 2.20. The van der Waals surface area contributed by atoms with Crippen molar-refractivity contribution in [3.8, 4) is 0 Å². The van der Waals surface area contributed by atoms with Crippen molar-refractivity contribution in [2.24, 2.45) is 5.92 Å². The van der Waals surface area contributed by atoms with Gasteiger partial charge in [-0.05, 0) is 51.8 Å². The smallest absolute Gasteiger partial charge is 0.240 e. The van der Waals surface area contributed by atoms with Crippen LogP contribution in [0.25, 0.3) is 0 Å². The van der Waals surface area contributed by atoms with E-state index in [0.29, 0.717) is 12.1 Å². The summed E-state index contributed by atoms with van der Waals surface area (Å²) in [6.45, 7) is 3.91. The fourth-order valence-electron chi connectivity index (χ4n) is 2.93. The molecule has 0 bridgehead atoms. The van der Waals surface area contributed by atoms with E-state index in [1.807, 2.05) is 21.1 Å². The zero-order chi connectivity index (χ0) is 16.5. The second kappa shape index (κ2) is 6.62. The average Bonchev–Trinajstić information content (AvgIpc) is 2.71. The zero-order valence-corrected chi connectivity index (χ0v) is 14.3. The van der Waals surface area contributed by atoms with Gasteiger partial charge in [0.1, 0.15) is 5.82 Å². The molecule has 0 aliphatic carbocycles. The molecule has 1 aromatic rings. The van der Waals surface area contributed by atoms with Gasteiger partial charge in [0.2, 0.25) is 10.0 Å². The Morgan fingerprint density at radius 2 is 2.05 bits per heavy atom. The third-order valence-corrected chi connectivity index (χ3v) is 5.46. The topological polar surface area (TPSA) is 52.7 Å². The zero-order valence-electron chi connectivity index (χ0n) is 13.5. The van der Waals surface area contributed by atoms with Crippen LogP contribution < -0.4 is 4.72 Å². The molecule has 1 aliphatic heterocycles. The molecule has 1 saturated heterocycles. The number of benzene rings is 1. The number of aryl methyl sites for hydroxylation is 1. The Morgan fingerprint density at radius 1 is 1.36 bits per heavy atom. The largest absolute Gasteiger partial charge is 0.309 e. The summed E-state index contributed by atoms with van der Waals surface area (Å²) < 4.78 is 41.2. The lowest BCUT2D eigenvalue weighted by atomic mass is 10.0. The maximum Gasteiger partial charge on any atom is 0.240 e. The van der Waals surface area contributed by atoms with Crippen LogP contribution in [0, 0.1) is 18.7 Å². The molecular weight excluding hydrogens is 305 g/mol. The number of halogens is 1. The fraction of sp³-hybridized carbons (Fsp3) is 0.600. The van der Waals surface area contributed by atoms with Crippen LogP contribution in [-0.2, 0) is 10.0 Å². The van der Waals surface area contributed by atoms with Crippen molar-refractivity contribution in [1.29, 1.82) is 0 Å². The first kappa shape index (κ1) is 17.3. The van der Waals surface area contributed by atoms with E-state index in [2.05, 4.69) is 14.5 Å². The first-order valence-corrected chi connectivity index (χ1v) is 8.79. The predicted octanol–water partition coefficient (Wildman–Crippen LogP) is 0.904. The van der Waals surface area contributed by atoms with Crippen molar-refractivity contribution in [3.63, 3.8) is 0 Å². The Hall–Kier alpha value is -1.02. The Labute approximate surface area is 132 Å². The fourth-order valence-corrected chi connectivity index (χ4v) is 4.31. The van der Waals surface area contributed by atoms with E-state index in [0.717, 1.165) is 13.1 Å². The highest BCUT2D eigenvalue weighted by molar-refractivity contribution is 7.89. The van der Waals surface area contributed by atoms with Crippen LogP contribution in [0.4, 0.5) is 4.39 Å². The van der Waals surface area contributed by atoms with Gasteiger partial charge < -0.3 is 9.80 Å². The summed E-state index contributed by atoms with van der Waals surface area (Å²) in [5.74, 6) is -0.165. The molecule has 0 amide bonds. The van der Waals surface area contributed by atoms with E-state index in [-0.39, 0.29) is 16.9 Å². The second-order valence-electron chi connectivity index (χ2n) is 6.38. The van der Waals surface area contributed by atoms with Crippen molar-refractivity contribution in [1.82, 2.24) is 14.5 Å². The molecule has 1 heterocycles. The predicted molar refractivity (Wildman–Crippen MR) is 84.8 cm³/mol. The number of hydrogen-bond donors (Lipinski definition) is 1. The van der Waals surface area contributed by atoms with Crippen LogP contribution in [0.2, 0.25) is 0 Å².